The van der Waals surface area contributed by atoms with Crippen molar-refractivity contribution in [3.05, 3.63) is 53.7 Å². The van der Waals surface area contributed by atoms with Crippen molar-refractivity contribution in [2.24, 2.45) is 0 Å². The second-order valence-electron chi connectivity index (χ2n) is 4.10. The number of rotatable bonds is 4. The molecule has 1 aromatic carbocycles. The van der Waals surface area contributed by atoms with Crippen molar-refractivity contribution in [3.63, 3.8) is 0 Å². The van der Waals surface area contributed by atoms with Crippen LogP contribution in [-0.4, -0.2) is 12.1 Å². The third-order valence-corrected chi connectivity index (χ3v) is 2.73. The summed E-state index contributed by atoms with van der Waals surface area (Å²) in [7, 11) is 1.55. The number of aromatic nitrogens is 1. The second kappa shape index (κ2) is 5.81. The van der Waals surface area contributed by atoms with Gasteiger partial charge in [0.2, 0.25) is 0 Å². The molecule has 0 spiro atoms. The molecule has 3 nitrogen and oxygen atoms in total. The highest BCUT2D eigenvalue weighted by atomic mass is 19.4. The standard InChI is InChI=1S/C14H13F3N2O/c1-20-11-6-4-10(5-7-11)9-19-13-12(14(15,16)17)3-2-8-18-13/h2-8H,9H2,1H3,(H,18,19). The molecule has 1 N–H and O–H groups in total. The van der Waals surface area contributed by atoms with Gasteiger partial charge in [-0.3, -0.25) is 0 Å². The largest absolute Gasteiger partial charge is 0.497 e. The Bertz CT molecular complexity index is 567. The van der Waals surface area contributed by atoms with Crippen LogP contribution in [0.4, 0.5) is 19.0 Å². The molecule has 0 atom stereocenters. The van der Waals surface area contributed by atoms with Crippen LogP contribution in [0.5, 0.6) is 5.75 Å². The third-order valence-electron chi connectivity index (χ3n) is 2.73. The molecule has 20 heavy (non-hydrogen) atoms. The maximum Gasteiger partial charge on any atom is 0.419 e. The molecule has 0 amide bonds. The maximum atomic E-state index is 12.8. The van der Waals surface area contributed by atoms with E-state index in [4.69, 9.17) is 4.74 Å². The summed E-state index contributed by atoms with van der Waals surface area (Å²) < 4.78 is 43.3. The van der Waals surface area contributed by atoms with Crippen molar-refractivity contribution in [1.82, 2.24) is 4.98 Å². The molecule has 0 saturated carbocycles. The summed E-state index contributed by atoms with van der Waals surface area (Å²) in [5, 5.41) is 2.70. The van der Waals surface area contributed by atoms with E-state index in [2.05, 4.69) is 10.3 Å². The van der Waals surface area contributed by atoms with Gasteiger partial charge in [0.05, 0.1) is 12.7 Å². The molecule has 0 aliphatic rings. The third kappa shape index (κ3) is 3.40. The molecule has 0 radical (unpaired) electrons. The molecule has 2 aromatic rings. The molecule has 0 saturated heterocycles. The Balaban J connectivity index is 2.10. The van der Waals surface area contributed by atoms with Gasteiger partial charge in [-0.1, -0.05) is 12.1 Å². The summed E-state index contributed by atoms with van der Waals surface area (Å²) >= 11 is 0. The van der Waals surface area contributed by atoms with E-state index in [9.17, 15) is 13.2 Å². The summed E-state index contributed by atoms with van der Waals surface area (Å²) in [6.45, 7) is 0.254. The smallest absolute Gasteiger partial charge is 0.419 e. The number of anilines is 1. The van der Waals surface area contributed by atoms with Crippen LogP contribution < -0.4 is 10.1 Å². The number of benzene rings is 1. The zero-order valence-electron chi connectivity index (χ0n) is 10.7. The van der Waals surface area contributed by atoms with E-state index in [0.29, 0.717) is 5.75 Å². The van der Waals surface area contributed by atoms with Crippen molar-refractivity contribution in [2.75, 3.05) is 12.4 Å². The first-order valence-electron chi connectivity index (χ1n) is 5.89. The van der Waals surface area contributed by atoms with Gasteiger partial charge in [0.25, 0.3) is 0 Å². The lowest BCUT2D eigenvalue weighted by atomic mass is 10.2. The highest BCUT2D eigenvalue weighted by Gasteiger charge is 2.33. The van der Waals surface area contributed by atoms with Crippen molar-refractivity contribution >= 4 is 5.82 Å². The number of hydrogen-bond donors (Lipinski definition) is 1. The van der Waals surface area contributed by atoms with E-state index in [1.54, 1.807) is 31.4 Å². The first kappa shape index (κ1) is 14.2. The number of ether oxygens (including phenoxy) is 1. The molecule has 0 bridgehead atoms. The van der Waals surface area contributed by atoms with Crippen molar-refractivity contribution < 1.29 is 17.9 Å². The Morgan fingerprint density at radius 2 is 1.85 bits per heavy atom. The highest BCUT2D eigenvalue weighted by Crippen LogP contribution is 2.33. The number of hydrogen-bond acceptors (Lipinski definition) is 3. The number of pyridine rings is 1. The lowest BCUT2D eigenvalue weighted by Crippen LogP contribution is -2.12. The van der Waals surface area contributed by atoms with Gasteiger partial charge in [0.1, 0.15) is 11.6 Å². The van der Waals surface area contributed by atoms with Crippen LogP contribution in [0.3, 0.4) is 0 Å². The molecule has 1 heterocycles. The van der Waals surface area contributed by atoms with Gasteiger partial charge in [-0.15, -0.1) is 0 Å². The molecule has 6 heteroatoms. The first-order valence-corrected chi connectivity index (χ1v) is 5.89. The van der Waals surface area contributed by atoms with E-state index in [0.717, 1.165) is 11.6 Å². The Morgan fingerprint density at radius 1 is 1.15 bits per heavy atom. The Labute approximate surface area is 114 Å². The number of alkyl halides is 3. The molecule has 1 aromatic heterocycles. The molecular formula is C14H13F3N2O. The topological polar surface area (TPSA) is 34.1 Å². The minimum Gasteiger partial charge on any atom is -0.497 e. The predicted octanol–water partition coefficient (Wildman–Crippen LogP) is 3.72. The molecule has 106 valence electrons. The molecule has 0 unspecified atom stereocenters. The molecule has 0 aliphatic heterocycles. The van der Waals surface area contributed by atoms with Crippen LogP contribution in [0.1, 0.15) is 11.1 Å². The van der Waals surface area contributed by atoms with Crippen LogP contribution in [0.25, 0.3) is 0 Å². The van der Waals surface area contributed by atoms with Crippen LogP contribution in [0.15, 0.2) is 42.6 Å². The fraction of sp³-hybridized carbons (Fsp3) is 0.214. The molecule has 0 fully saturated rings. The van der Waals surface area contributed by atoms with E-state index in [1.165, 1.54) is 12.3 Å². The fourth-order valence-electron chi connectivity index (χ4n) is 1.70. The van der Waals surface area contributed by atoms with Crippen molar-refractivity contribution in [2.45, 2.75) is 12.7 Å². The average Bonchev–Trinajstić information content (AvgIpc) is 2.45. The van der Waals surface area contributed by atoms with Crippen molar-refractivity contribution in [1.29, 1.82) is 0 Å². The fourth-order valence-corrected chi connectivity index (χ4v) is 1.70. The average molecular weight is 282 g/mol. The number of nitrogens with zero attached hydrogens (tertiary/aromatic N) is 1. The van der Waals surface area contributed by atoms with Crippen LogP contribution in [-0.2, 0) is 12.7 Å². The van der Waals surface area contributed by atoms with Gasteiger partial charge in [-0.25, -0.2) is 4.98 Å². The normalized spacial score (nSPS) is 11.2. The number of halogens is 3. The van der Waals surface area contributed by atoms with Crippen LogP contribution in [0, 0.1) is 0 Å². The summed E-state index contributed by atoms with van der Waals surface area (Å²) in [6, 6.07) is 9.33. The Morgan fingerprint density at radius 3 is 2.45 bits per heavy atom. The van der Waals surface area contributed by atoms with E-state index >= 15 is 0 Å². The minimum absolute atomic E-state index is 0.171. The number of nitrogens with one attached hydrogen (secondary N) is 1. The monoisotopic (exact) mass is 282 g/mol. The minimum atomic E-state index is -4.42. The zero-order chi connectivity index (χ0) is 14.6. The van der Waals surface area contributed by atoms with Gasteiger partial charge >= 0.3 is 6.18 Å². The lowest BCUT2D eigenvalue weighted by Gasteiger charge is -2.13. The van der Waals surface area contributed by atoms with Crippen molar-refractivity contribution in [3.8, 4) is 5.75 Å². The van der Waals surface area contributed by atoms with Gasteiger partial charge in [0.15, 0.2) is 0 Å². The highest BCUT2D eigenvalue weighted by molar-refractivity contribution is 5.46. The van der Waals surface area contributed by atoms with Gasteiger partial charge in [0, 0.05) is 12.7 Å². The molecule has 2 rings (SSSR count). The SMILES string of the molecule is COc1ccc(CNc2ncccc2C(F)(F)F)cc1. The first-order chi connectivity index (χ1) is 9.50. The lowest BCUT2D eigenvalue weighted by molar-refractivity contribution is -0.137. The zero-order valence-corrected chi connectivity index (χ0v) is 10.7. The summed E-state index contributed by atoms with van der Waals surface area (Å²) in [6.07, 6.45) is -3.10. The van der Waals surface area contributed by atoms with E-state index < -0.39 is 11.7 Å². The second-order valence-corrected chi connectivity index (χ2v) is 4.10. The number of methoxy groups -OCH3 is 1. The molecular weight excluding hydrogens is 269 g/mol. The summed E-state index contributed by atoms with van der Waals surface area (Å²) in [4.78, 5) is 3.74. The van der Waals surface area contributed by atoms with Gasteiger partial charge in [-0.2, -0.15) is 13.2 Å². The van der Waals surface area contributed by atoms with E-state index in [-0.39, 0.29) is 12.4 Å². The Hall–Kier alpha value is -2.24. The van der Waals surface area contributed by atoms with Gasteiger partial charge in [-0.05, 0) is 29.8 Å². The predicted molar refractivity (Wildman–Crippen MR) is 69.6 cm³/mol. The Kier molecular flexibility index (Phi) is 4.12. The van der Waals surface area contributed by atoms with Crippen LogP contribution in [0.2, 0.25) is 0 Å². The molecule has 0 aliphatic carbocycles. The van der Waals surface area contributed by atoms with E-state index in [1.807, 2.05) is 0 Å². The maximum absolute atomic E-state index is 12.8. The summed E-state index contributed by atoms with van der Waals surface area (Å²) in [5.74, 6) is 0.526. The van der Waals surface area contributed by atoms with Gasteiger partial charge < -0.3 is 10.1 Å². The quantitative estimate of drug-likeness (QED) is 0.928. The summed E-state index contributed by atoms with van der Waals surface area (Å²) in [5.41, 5.74) is 0.0677. The van der Waals surface area contributed by atoms with Crippen LogP contribution >= 0.6 is 0 Å².